The van der Waals surface area contributed by atoms with Crippen LogP contribution in [-0.4, -0.2) is 46.5 Å². The Hall–Kier alpha value is -3.16. The number of methoxy groups -OCH3 is 1. The van der Waals surface area contributed by atoms with Crippen LogP contribution >= 0.6 is 0 Å². The van der Waals surface area contributed by atoms with Crippen molar-refractivity contribution in [3.8, 4) is 16.9 Å². The number of furan rings is 1. The summed E-state index contributed by atoms with van der Waals surface area (Å²) in [5, 5.41) is 8.78. The summed E-state index contributed by atoms with van der Waals surface area (Å²) >= 11 is 0. The molecule has 1 aliphatic rings. The highest BCUT2D eigenvalue weighted by Crippen LogP contribution is 2.28. The summed E-state index contributed by atoms with van der Waals surface area (Å²) in [5.74, 6) is 0.840. The van der Waals surface area contributed by atoms with Gasteiger partial charge in [0.25, 0.3) is 0 Å². The van der Waals surface area contributed by atoms with Crippen molar-refractivity contribution >= 4 is 5.52 Å². The van der Waals surface area contributed by atoms with Crippen molar-refractivity contribution in [1.82, 2.24) is 19.7 Å². The highest BCUT2D eigenvalue weighted by molar-refractivity contribution is 5.66. The Bertz CT molecular complexity index is 1090. The average Bonchev–Trinajstić information content (AvgIpc) is 3.43. The van der Waals surface area contributed by atoms with E-state index in [0.717, 1.165) is 47.7 Å². The zero-order valence-corrected chi connectivity index (χ0v) is 16.2. The molecule has 1 atom stereocenters. The van der Waals surface area contributed by atoms with Crippen molar-refractivity contribution in [1.29, 1.82) is 0 Å². The van der Waals surface area contributed by atoms with Crippen molar-refractivity contribution in [3.05, 3.63) is 72.4 Å². The lowest BCUT2D eigenvalue weighted by molar-refractivity contribution is -0.0343. The molecule has 5 rings (SSSR count). The molecule has 1 aromatic carbocycles. The summed E-state index contributed by atoms with van der Waals surface area (Å²) in [4.78, 5) is 2.36. The summed E-state index contributed by atoms with van der Waals surface area (Å²) in [6.45, 7) is 3.19. The Morgan fingerprint density at radius 1 is 1.10 bits per heavy atom. The highest BCUT2D eigenvalue weighted by atomic mass is 16.5. The summed E-state index contributed by atoms with van der Waals surface area (Å²) in [7, 11) is 1.67. The van der Waals surface area contributed by atoms with Gasteiger partial charge in [-0.3, -0.25) is 4.90 Å². The lowest BCUT2D eigenvalue weighted by atomic mass is 10.1. The molecule has 148 valence electrons. The maximum Gasteiger partial charge on any atom is 0.121 e. The Morgan fingerprint density at radius 2 is 1.97 bits per heavy atom. The van der Waals surface area contributed by atoms with Gasteiger partial charge < -0.3 is 13.9 Å². The Balaban J connectivity index is 1.37. The Labute approximate surface area is 168 Å². The van der Waals surface area contributed by atoms with Crippen LogP contribution in [0.3, 0.4) is 0 Å². The monoisotopic (exact) mass is 390 g/mol. The van der Waals surface area contributed by atoms with Crippen molar-refractivity contribution in [2.24, 2.45) is 0 Å². The second kappa shape index (κ2) is 7.69. The van der Waals surface area contributed by atoms with Gasteiger partial charge in [0.1, 0.15) is 17.5 Å². The summed E-state index contributed by atoms with van der Waals surface area (Å²) in [6.07, 6.45) is 5.40. The fourth-order valence-corrected chi connectivity index (χ4v) is 3.75. The van der Waals surface area contributed by atoms with E-state index in [1.54, 1.807) is 19.6 Å². The second-order valence-corrected chi connectivity index (χ2v) is 7.18. The maximum absolute atomic E-state index is 6.03. The van der Waals surface area contributed by atoms with E-state index in [-0.39, 0.29) is 6.10 Å². The predicted molar refractivity (Wildman–Crippen MR) is 108 cm³/mol. The van der Waals surface area contributed by atoms with Crippen LogP contribution in [0.2, 0.25) is 0 Å². The summed E-state index contributed by atoms with van der Waals surface area (Å²) < 4.78 is 18.3. The third-order valence-electron chi connectivity index (χ3n) is 5.31. The molecule has 29 heavy (non-hydrogen) atoms. The molecule has 1 aliphatic heterocycles. The highest BCUT2D eigenvalue weighted by Gasteiger charge is 2.26. The number of benzene rings is 1. The van der Waals surface area contributed by atoms with E-state index in [1.165, 1.54) is 5.56 Å². The number of hydrogen-bond donors (Lipinski definition) is 0. The Kier molecular flexibility index (Phi) is 4.75. The first-order chi connectivity index (χ1) is 14.3. The lowest BCUT2D eigenvalue weighted by Crippen LogP contribution is -2.37. The molecule has 0 aliphatic carbocycles. The molecule has 4 heterocycles. The van der Waals surface area contributed by atoms with Gasteiger partial charge in [0.05, 0.1) is 31.8 Å². The van der Waals surface area contributed by atoms with Gasteiger partial charge in [0, 0.05) is 37.0 Å². The number of hydrogen-bond acceptors (Lipinski definition) is 6. The van der Waals surface area contributed by atoms with E-state index < -0.39 is 0 Å². The van der Waals surface area contributed by atoms with Crippen molar-refractivity contribution in [2.75, 3.05) is 26.8 Å². The van der Waals surface area contributed by atoms with Gasteiger partial charge in [-0.15, -0.1) is 5.10 Å². The van der Waals surface area contributed by atoms with Crippen molar-refractivity contribution in [3.63, 3.8) is 0 Å². The summed E-state index contributed by atoms with van der Waals surface area (Å²) in [6, 6.07) is 14.1. The zero-order valence-electron chi connectivity index (χ0n) is 16.2. The summed E-state index contributed by atoms with van der Waals surface area (Å²) in [5.41, 5.74) is 5.19. The molecule has 0 bridgehead atoms. The molecule has 7 nitrogen and oxygen atoms in total. The van der Waals surface area contributed by atoms with Gasteiger partial charge in [-0.1, -0.05) is 23.4 Å². The first-order valence-corrected chi connectivity index (χ1v) is 9.64. The molecule has 1 fully saturated rings. The minimum Gasteiger partial charge on any atom is -0.497 e. The molecule has 3 aromatic heterocycles. The van der Waals surface area contributed by atoms with E-state index in [9.17, 15) is 0 Å². The Morgan fingerprint density at radius 3 is 2.76 bits per heavy atom. The fraction of sp³-hybridized carbons (Fsp3) is 0.273. The molecule has 0 saturated carbocycles. The standard InChI is InChI=1S/C22H22N4O3/c1-27-19-5-2-17(3-6-19)18-4-7-20-22(23-24-26(20)13-18)21-14-25(9-11-29-21)12-16-8-10-28-15-16/h2-8,10,13,15,21H,9,11-12,14H2,1H3/t21-/m0/s1. The van der Waals surface area contributed by atoms with Crippen molar-refractivity contribution in [2.45, 2.75) is 12.6 Å². The molecule has 4 aromatic rings. The van der Waals surface area contributed by atoms with E-state index in [0.29, 0.717) is 6.61 Å². The lowest BCUT2D eigenvalue weighted by Gasteiger charge is -2.31. The van der Waals surface area contributed by atoms with Gasteiger partial charge in [-0.05, 0) is 29.8 Å². The van der Waals surface area contributed by atoms with Crippen LogP contribution in [0.15, 0.2) is 65.6 Å². The minimum absolute atomic E-state index is 0.0972. The third kappa shape index (κ3) is 3.62. The molecule has 0 N–H and O–H groups in total. The molecular weight excluding hydrogens is 368 g/mol. The number of fused-ring (bicyclic) bond motifs is 1. The van der Waals surface area contributed by atoms with Crippen LogP contribution in [0.5, 0.6) is 5.75 Å². The molecule has 0 amide bonds. The predicted octanol–water partition coefficient (Wildman–Crippen LogP) is 3.57. The van der Waals surface area contributed by atoms with Gasteiger partial charge in [-0.2, -0.15) is 0 Å². The van der Waals surface area contributed by atoms with E-state index in [2.05, 4.69) is 27.3 Å². The number of nitrogens with zero attached hydrogens (tertiary/aromatic N) is 4. The number of ether oxygens (including phenoxy) is 2. The van der Waals surface area contributed by atoms with Crippen LogP contribution in [0, 0.1) is 0 Å². The maximum atomic E-state index is 6.03. The van der Waals surface area contributed by atoms with Gasteiger partial charge in [0.15, 0.2) is 0 Å². The van der Waals surface area contributed by atoms with Crippen LogP contribution in [-0.2, 0) is 11.3 Å². The molecule has 0 unspecified atom stereocenters. The van der Waals surface area contributed by atoms with Gasteiger partial charge in [-0.25, -0.2) is 4.52 Å². The number of rotatable bonds is 5. The molecular formula is C22H22N4O3. The molecule has 7 heteroatoms. The molecule has 1 saturated heterocycles. The fourth-order valence-electron chi connectivity index (χ4n) is 3.75. The first-order valence-electron chi connectivity index (χ1n) is 9.64. The molecule has 0 spiro atoms. The largest absolute Gasteiger partial charge is 0.497 e. The van der Waals surface area contributed by atoms with Crippen LogP contribution in [0.4, 0.5) is 0 Å². The second-order valence-electron chi connectivity index (χ2n) is 7.18. The van der Waals surface area contributed by atoms with Crippen LogP contribution in [0.1, 0.15) is 17.4 Å². The minimum atomic E-state index is -0.0972. The third-order valence-corrected chi connectivity index (χ3v) is 5.31. The zero-order chi connectivity index (χ0) is 19.6. The normalized spacial score (nSPS) is 17.6. The number of morpholine rings is 1. The van der Waals surface area contributed by atoms with Crippen LogP contribution in [0.25, 0.3) is 16.6 Å². The average molecular weight is 390 g/mol. The van der Waals surface area contributed by atoms with Gasteiger partial charge >= 0.3 is 0 Å². The topological polar surface area (TPSA) is 65.0 Å². The smallest absolute Gasteiger partial charge is 0.121 e. The number of aromatic nitrogens is 3. The van der Waals surface area contributed by atoms with E-state index in [4.69, 9.17) is 13.9 Å². The first kappa shape index (κ1) is 17.9. The van der Waals surface area contributed by atoms with E-state index in [1.807, 2.05) is 41.0 Å². The van der Waals surface area contributed by atoms with E-state index >= 15 is 0 Å². The molecule has 0 radical (unpaired) electrons. The number of pyridine rings is 1. The van der Waals surface area contributed by atoms with Crippen LogP contribution < -0.4 is 4.74 Å². The van der Waals surface area contributed by atoms with Gasteiger partial charge in [0.2, 0.25) is 0 Å². The quantitative estimate of drug-likeness (QED) is 0.519. The van der Waals surface area contributed by atoms with Crippen molar-refractivity contribution < 1.29 is 13.9 Å². The SMILES string of the molecule is COc1ccc(-c2ccc3c([C@@H]4CN(Cc5ccoc5)CCO4)nnn3c2)cc1.